The molecule has 3 aromatic rings. The van der Waals surface area contributed by atoms with Crippen molar-refractivity contribution in [3.63, 3.8) is 0 Å². The molecule has 0 unspecified atom stereocenters. The molecule has 0 aliphatic heterocycles. The molecule has 6 heteroatoms. The SMILES string of the molecule is COc1ccc2nc(N)n(-c3ccc(C#N)cc3F)c2c1. The lowest BCUT2D eigenvalue weighted by Crippen LogP contribution is -2.03. The molecule has 0 aliphatic rings. The number of hydrogen-bond donors (Lipinski definition) is 1. The van der Waals surface area contributed by atoms with Crippen molar-refractivity contribution in [2.24, 2.45) is 0 Å². The number of ether oxygens (including phenoxy) is 1. The first-order chi connectivity index (χ1) is 10.1. The Balaban J connectivity index is 2.29. The fraction of sp³-hybridized carbons (Fsp3) is 0.0667. The molecular formula is C15H11FN4O. The molecule has 3 rings (SSSR count). The fourth-order valence-electron chi connectivity index (χ4n) is 2.21. The number of nitriles is 1. The van der Waals surface area contributed by atoms with Gasteiger partial charge in [-0.05, 0) is 30.3 Å². The van der Waals surface area contributed by atoms with Crippen LogP contribution in [0, 0.1) is 17.1 Å². The number of hydrogen-bond acceptors (Lipinski definition) is 4. The Morgan fingerprint density at radius 3 is 2.76 bits per heavy atom. The van der Waals surface area contributed by atoms with Gasteiger partial charge in [-0.25, -0.2) is 9.37 Å². The molecule has 0 atom stereocenters. The van der Waals surface area contributed by atoms with Gasteiger partial charge in [0.2, 0.25) is 5.95 Å². The van der Waals surface area contributed by atoms with Crippen LogP contribution in [0.3, 0.4) is 0 Å². The van der Waals surface area contributed by atoms with Gasteiger partial charge in [-0.1, -0.05) is 0 Å². The van der Waals surface area contributed by atoms with Crippen molar-refractivity contribution >= 4 is 17.0 Å². The van der Waals surface area contributed by atoms with E-state index in [1.165, 1.54) is 22.8 Å². The van der Waals surface area contributed by atoms with Crippen molar-refractivity contribution in [1.29, 1.82) is 5.26 Å². The molecule has 1 aromatic heterocycles. The maximum absolute atomic E-state index is 14.2. The molecule has 104 valence electrons. The van der Waals surface area contributed by atoms with E-state index in [2.05, 4.69) is 4.98 Å². The monoisotopic (exact) mass is 282 g/mol. The van der Waals surface area contributed by atoms with Crippen LogP contribution in [-0.2, 0) is 0 Å². The second kappa shape index (κ2) is 4.80. The number of fused-ring (bicyclic) bond motifs is 1. The van der Waals surface area contributed by atoms with Crippen LogP contribution in [0.15, 0.2) is 36.4 Å². The standard InChI is InChI=1S/C15H11FN4O/c1-21-10-3-4-12-14(7-10)20(15(18)19-12)13-5-2-9(8-17)6-11(13)16/h2-7H,1H3,(H2,18,19). The topological polar surface area (TPSA) is 76.9 Å². The van der Waals surface area contributed by atoms with Crippen LogP contribution < -0.4 is 10.5 Å². The van der Waals surface area contributed by atoms with Gasteiger partial charge < -0.3 is 10.5 Å². The molecule has 0 bridgehead atoms. The summed E-state index contributed by atoms with van der Waals surface area (Å²) in [7, 11) is 1.55. The molecule has 0 radical (unpaired) electrons. The van der Waals surface area contributed by atoms with E-state index in [4.69, 9.17) is 15.7 Å². The molecule has 5 nitrogen and oxygen atoms in total. The van der Waals surface area contributed by atoms with Crippen molar-refractivity contribution in [1.82, 2.24) is 9.55 Å². The summed E-state index contributed by atoms with van der Waals surface area (Å²) in [5.74, 6) is 0.252. The van der Waals surface area contributed by atoms with Crippen LogP contribution in [0.25, 0.3) is 16.7 Å². The first-order valence-corrected chi connectivity index (χ1v) is 6.16. The Bertz CT molecular complexity index is 879. The van der Waals surface area contributed by atoms with Crippen LogP contribution in [0.1, 0.15) is 5.56 Å². The summed E-state index contributed by atoms with van der Waals surface area (Å²) in [6.45, 7) is 0. The number of methoxy groups -OCH3 is 1. The number of rotatable bonds is 2. The maximum atomic E-state index is 14.2. The van der Waals surface area contributed by atoms with Crippen LogP contribution in [0.4, 0.5) is 10.3 Å². The average Bonchev–Trinajstić information content (AvgIpc) is 2.82. The Kier molecular flexibility index (Phi) is 2.95. The summed E-state index contributed by atoms with van der Waals surface area (Å²) in [5, 5.41) is 8.80. The van der Waals surface area contributed by atoms with Gasteiger partial charge in [-0.15, -0.1) is 0 Å². The molecule has 0 saturated carbocycles. The Labute approximate surface area is 120 Å². The number of nitrogens with zero attached hydrogens (tertiary/aromatic N) is 3. The molecule has 0 saturated heterocycles. The van der Waals surface area contributed by atoms with Crippen LogP contribution in [-0.4, -0.2) is 16.7 Å². The molecule has 0 amide bonds. The van der Waals surface area contributed by atoms with Gasteiger partial charge in [0, 0.05) is 6.07 Å². The highest BCUT2D eigenvalue weighted by atomic mass is 19.1. The molecule has 2 N–H and O–H groups in total. The lowest BCUT2D eigenvalue weighted by Gasteiger charge is -2.08. The van der Waals surface area contributed by atoms with E-state index >= 15 is 0 Å². The van der Waals surface area contributed by atoms with Gasteiger partial charge in [0.1, 0.15) is 11.6 Å². The highest BCUT2D eigenvalue weighted by Gasteiger charge is 2.14. The van der Waals surface area contributed by atoms with E-state index in [9.17, 15) is 4.39 Å². The third-order valence-electron chi connectivity index (χ3n) is 3.21. The summed E-state index contributed by atoms with van der Waals surface area (Å²) in [5.41, 5.74) is 7.65. The summed E-state index contributed by atoms with van der Waals surface area (Å²) in [6.07, 6.45) is 0. The van der Waals surface area contributed by atoms with Gasteiger partial charge in [-0.3, -0.25) is 4.57 Å². The average molecular weight is 282 g/mol. The number of nitrogen functional groups attached to an aromatic ring is 1. The number of anilines is 1. The quantitative estimate of drug-likeness (QED) is 0.783. The number of imidazole rings is 1. The van der Waals surface area contributed by atoms with Crippen molar-refractivity contribution in [3.8, 4) is 17.5 Å². The van der Waals surface area contributed by atoms with Gasteiger partial charge in [0.25, 0.3) is 0 Å². The largest absolute Gasteiger partial charge is 0.497 e. The second-order valence-electron chi connectivity index (χ2n) is 4.44. The predicted octanol–water partition coefficient (Wildman–Crippen LogP) is 2.63. The zero-order valence-electron chi connectivity index (χ0n) is 11.2. The van der Waals surface area contributed by atoms with Gasteiger partial charge >= 0.3 is 0 Å². The molecule has 0 fully saturated rings. The van der Waals surface area contributed by atoms with Crippen molar-refractivity contribution in [2.45, 2.75) is 0 Å². The highest BCUT2D eigenvalue weighted by molar-refractivity contribution is 5.82. The zero-order valence-corrected chi connectivity index (χ0v) is 11.2. The minimum atomic E-state index is -0.539. The number of aromatic nitrogens is 2. The van der Waals surface area contributed by atoms with E-state index in [1.54, 1.807) is 25.3 Å². The molecule has 0 aliphatic carbocycles. The lowest BCUT2D eigenvalue weighted by atomic mass is 10.2. The fourth-order valence-corrected chi connectivity index (χ4v) is 2.21. The summed E-state index contributed by atoms with van der Waals surface area (Å²) in [6, 6.07) is 11.3. The third kappa shape index (κ3) is 2.05. The maximum Gasteiger partial charge on any atom is 0.206 e. The lowest BCUT2D eigenvalue weighted by molar-refractivity contribution is 0.415. The predicted molar refractivity (Wildman–Crippen MR) is 76.7 cm³/mol. The van der Waals surface area contributed by atoms with Gasteiger partial charge in [0.15, 0.2) is 0 Å². The van der Waals surface area contributed by atoms with Crippen LogP contribution in [0.2, 0.25) is 0 Å². The highest BCUT2D eigenvalue weighted by Crippen LogP contribution is 2.28. The van der Waals surface area contributed by atoms with E-state index in [1.807, 2.05) is 6.07 Å². The van der Waals surface area contributed by atoms with Crippen molar-refractivity contribution < 1.29 is 9.13 Å². The minimum Gasteiger partial charge on any atom is -0.497 e. The number of halogens is 1. The van der Waals surface area contributed by atoms with Crippen molar-refractivity contribution in [3.05, 3.63) is 47.8 Å². The van der Waals surface area contributed by atoms with Crippen LogP contribution in [0.5, 0.6) is 5.75 Å². The normalized spacial score (nSPS) is 10.5. The Morgan fingerprint density at radius 2 is 2.10 bits per heavy atom. The molecular weight excluding hydrogens is 271 g/mol. The van der Waals surface area contributed by atoms with Gasteiger partial charge in [-0.2, -0.15) is 5.26 Å². The van der Waals surface area contributed by atoms with E-state index in [0.29, 0.717) is 16.8 Å². The number of nitrogens with two attached hydrogens (primary N) is 1. The first-order valence-electron chi connectivity index (χ1n) is 6.16. The first kappa shape index (κ1) is 12.9. The smallest absolute Gasteiger partial charge is 0.206 e. The van der Waals surface area contributed by atoms with Crippen molar-refractivity contribution in [2.75, 3.05) is 12.8 Å². The van der Waals surface area contributed by atoms with Crippen LogP contribution >= 0.6 is 0 Å². The number of benzene rings is 2. The van der Waals surface area contributed by atoms with E-state index in [0.717, 1.165) is 0 Å². The molecule has 0 spiro atoms. The summed E-state index contributed by atoms with van der Waals surface area (Å²) in [4.78, 5) is 4.20. The van der Waals surface area contributed by atoms with E-state index < -0.39 is 5.82 Å². The summed E-state index contributed by atoms with van der Waals surface area (Å²) < 4.78 is 20.9. The Morgan fingerprint density at radius 1 is 1.29 bits per heavy atom. The zero-order chi connectivity index (χ0) is 15.0. The molecule has 21 heavy (non-hydrogen) atoms. The second-order valence-corrected chi connectivity index (χ2v) is 4.44. The molecule has 1 heterocycles. The third-order valence-corrected chi connectivity index (χ3v) is 3.21. The molecule has 2 aromatic carbocycles. The minimum absolute atomic E-state index is 0.168. The van der Waals surface area contributed by atoms with E-state index in [-0.39, 0.29) is 17.2 Å². The van der Waals surface area contributed by atoms with Gasteiger partial charge in [0.05, 0.1) is 35.5 Å². The summed E-state index contributed by atoms with van der Waals surface area (Å²) >= 11 is 0. The Hall–Kier alpha value is -3.07.